The zero-order valence-corrected chi connectivity index (χ0v) is 13.8. The molecule has 1 aliphatic rings. The van der Waals surface area contributed by atoms with Gasteiger partial charge in [0, 0.05) is 28.8 Å². The summed E-state index contributed by atoms with van der Waals surface area (Å²) >= 11 is 0. The van der Waals surface area contributed by atoms with Gasteiger partial charge in [-0.2, -0.15) is 0 Å². The van der Waals surface area contributed by atoms with Gasteiger partial charge in [0.1, 0.15) is 6.54 Å². The number of para-hydroxylation sites is 2. The molecule has 0 aliphatic carbocycles. The Morgan fingerprint density at radius 3 is 2.64 bits per heavy atom. The number of aromatic carboxylic acids is 1. The Morgan fingerprint density at radius 1 is 1.12 bits per heavy atom. The van der Waals surface area contributed by atoms with Gasteiger partial charge in [-0.05, 0) is 31.0 Å². The molecule has 1 unspecified atom stereocenters. The van der Waals surface area contributed by atoms with Gasteiger partial charge >= 0.3 is 5.97 Å². The minimum atomic E-state index is -0.984. The lowest BCUT2D eigenvalue weighted by Gasteiger charge is -2.23. The van der Waals surface area contributed by atoms with Crippen molar-refractivity contribution in [1.82, 2.24) is 4.57 Å². The summed E-state index contributed by atoms with van der Waals surface area (Å²) in [6.07, 6.45) is 2.40. The second kappa shape index (κ2) is 5.77. The molecule has 1 atom stereocenters. The Morgan fingerprint density at radius 2 is 1.84 bits per heavy atom. The number of anilines is 1. The number of hydrogen-bond acceptors (Lipinski definition) is 2. The first kappa shape index (κ1) is 15.4. The molecule has 1 aliphatic heterocycles. The number of carboxylic acid groups (broad SMARTS) is 1. The van der Waals surface area contributed by atoms with Crippen LogP contribution in [0.2, 0.25) is 0 Å². The molecule has 0 bridgehead atoms. The summed E-state index contributed by atoms with van der Waals surface area (Å²) in [5.74, 6) is -1.02. The van der Waals surface area contributed by atoms with E-state index in [0.29, 0.717) is 5.39 Å². The number of carbonyl (C=O) groups excluding carboxylic acids is 1. The first-order chi connectivity index (χ1) is 12.1. The minimum absolute atomic E-state index is 0.0323. The largest absolute Gasteiger partial charge is 0.478 e. The maximum Gasteiger partial charge on any atom is 0.337 e. The van der Waals surface area contributed by atoms with Crippen LogP contribution in [0.25, 0.3) is 10.9 Å². The van der Waals surface area contributed by atoms with Crippen molar-refractivity contribution < 1.29 is 14.7 Å². The molecule has 0 saturated heterocycles. The smallest absolute Gasteiger partial charge is 0.337 e. The van der Waals surface area contributed by atoms with E-state index in [1.807, 2.05) is 48.2 Å². The third-order valence-corrected chi connectivity index (χ3v) is 4.80. The summed E-state index contributed by atoms with van der Waals surface area (Å²) < 4.78 is 1.73. The number of aromatic nitrogens is 1. The molecule has 1 amide bonds. The first-order valence-corrected chi connectivity index (χ1v) is 8.27. The Labute approximate surface area is 145 Å². The van der Waals surface area contributed by atoms with E-state index >= 15 is 0 Å². The highest BCUT2D eigenvalue weighted by Gasteiger charge is 2.30. The summed E-state index contributed by atoms with van der Waals surface area (Å²) in [6.45, 7) is 2.15. The molecule has 3 aromatic rings. The monoisotopic (exact) mass is 334 g/mol. The maximum atomic E-state index is 13.0. The van der Waals surface area contributed by atoms with E-state index in [4.69, 9.17) is 0 Å². The fraction of sp³-hybridized carbons (Fsp3) is 0.200. The van der Waals surface area contributed by atoms with Crippen LogP contribution < -0.4 is 4.90 Å². The van der Waals surface area contributed by atoms with E-state index in [0.717, 1.165) is 17.6 Å². The van der Waals surface area contributed by atoms with Gasteiger partial charge < -0.3 is 14.6 Å². The molecular formula is C20H18N2O3. The van der Waals surface area contributed by atoms with Crippen molar-refractivity contribution in [3.8, 4) is 0 Å². The fourth-order valence-electron chi connectivity index (χ4n) is 3.72. The molecule has 25 heavy (non-hydrogen) atoms. The number of carbonyl (C=O) groups is 2. The Bertz CT molecular complexity index is 990. The van der Waals surface area contributed by atoms with Crippen LogP contribution in [0.1, 0.15) is 22.8 Å². The SMILES string of the molecule is CC1Cc2ccccc2N1C(=O)Cn1cc(C(=O)O)c2ccccc21. The molecule has 2 aromatic carbocycles. The third kappa shape index (κ3) is 2.48. The third-order valence-electron chi connectivity index (χ3n) is 4.80. The quantitative estimate of drug-likeness (QED) is 0.799. The predicted octanol–water partition coefficient (Wildman–Crippen LogP) is 3.32. The van der Waals surface area contributed by atoms with Gasteiger partial charge in [-0.15, -0.1) is 0 Å². The summed E-state index contributed by atoms with van der Waals surface area (Å²) in [7, 11) is 0. The molecule has 2 heterocycles. The second-order valence-corrected chi connectivity index (χ2v) is 6.44. The molecular weight excluding hydrogens is 316 g/mol. The van der Waals surface area contributed by atoms with Gasteiger partial charge in [0.25, 0.3) is 0 Å². The van der Waals surface area contributed by atoms with E-state index in [-0.39, 0.29) is 24.1 Å². The standard InChI is InChI=1S/C20H18N2O3/c1-13-10-14-6-2-4-8-17(14)22(13)19(23)12-21-11-16(20(24)25)15-7-3-5-9-18(15)21/h2-9,11,13H,10,12H2,1H3,(H,24,25). The molecule has 5 nitrogen and oxygen atoms in total. The van der Waals surface area contributed by atoms with Gasteiger partial charge in [0.05, 0.1) is 5.56 Å². The fourth-order valence-corrected chi connectivity index (χ4v) is 3.72. The Kier molecular flexibility index (Phi) is 3.57. The molecule has 126 valence electrons. The zero-order valence-electron chi connectivity index (χ0n) is 13.8. The van der Waals surface area contributed by atoms with Crippen molar-refractivity contribution in [2.75, 3.05) is 4.90 Å². The van der Waals surface area contributed by atoms with Crippen molar-refractivity contribution in [1.29, 1.82) is 0 Å². The van der Waals surface area contributed by atoms with Gasteiger partial charge in [-0.25, -0.2) is 4.79 Å². The summed E-state index contributed by atoms with van der Waals surface area (Å²) in [6, 6.07) is 15.3. The molecule has 1 aromatic heterocycles. The van der Waals surface area contributed by atoms with E-state index in [2.05, 4.69) is 0 Å². The molecule has 0 spiro atoms. The number of hydrogen-bond donors (Lipinski definition) is 1. The molecule has 0 fully saturated rings. The van der Waals surface area contributed by atoms with Crippen molar-refractivity contribution in [3.05, 3.63) is 65.9 Å². The van der Waals surface area contributed by atoms with Gasteiger partial charge in [0.15, 0.2) is 0 Å². The van der Waals surface area contributed by atoms with Crippen LogP contribution in [0.3, 0.4) is 0 Å². The molecule has 0 saturated carbocycles. The molecule has 4 rings (SSSR count). The number of carboxylic acids is 1. The second-order valence-electron chi connectivity index (χ2n) is 6.44. The van der Waals surface area contributed by atoms with Crippen LogP contribution in [-0.2, 0) is 17.8 Å². The van der Waals surface area contributed by atoms with Crippen LogP contribution in [0.5, 0.6) is 0 Å². The highest BCUT2D eigenvalue weighted by molar-refractivity contribution is 6.04. The maximum absolute atomic E-state index is 13.0. The van der Waals surface area contributed by atoms with Crippen molar-refractivity contribution in [2.24, 2.45) is 0 Å². The van der Waals surface area contributed by atoms with E-state index < -0.39 is 5.97 Å². The first-order valence-electron chi connectivity index (χ1n) is 8.27. The number of benzene rings is 2. The molecule has 5 heteroatoms. The van der Waals surface area contributed by atoms with Gasteiger partial charge in [-0.1, -0.05) is 36.4 Å². The normalized spacial score (nSPS) is 16.2. The lowest BCUT2D eigenvalue weighted by molar-refractivity contribution is -0.119. The van der Waals surface area contributed by atoms with E-state index in [1.165, 1.54) is 5.56 Å². The number of rotatable bonds is 3. The molecule has 1 N–H and O–H groups in total. The van der Waals surface area contributed by atoms with Crippen molar-refractivity contribution >= 4 is 28.5 Å². The summed E-state index contributed by atoms with van der Waals surface area (Å²) in [5, 5.41) is 10.1. The average Bonchev–Trinajstić information content (AvgIpc) is 3.12. The average molecular weight is 334 g/mol. The highest BCUT2D eigenvalue weighted by atomic mass is 16.4. The number of amides is 1. The predicted molar refractivity (Wildman–Crippen MR) is 96.0 cm³/mol. The lowest BCUT2D eigenvalue weighted by atomic mass is 10.1. The number of nitrogens with zero attached hydrogens (tertiary/aromatic N) is 2. The summed E-state index contributed by atoms with van der Waals surface area (Å²) in [5.41, 5.74) is 3.11. The van der Waals surface area contributed by atoms with E-state index in [1.54, 1.807) is 22.9 Å². The topological polar surface area (TPSA) is 62.5 Å². The van der Waals surface area contributed by atoms with Gasteiger partial charge in [0.2, 0.25) is 5.91 Å². The van der Waals surface area contributed by atoms with Crippen LogP contribution in [0.4, 0.5) is 5.69 Å². The zero-order chi connectivity index (χ0) is 17.6. The number of fused-ring (bicyclic) bond motifs is 2. The minimum Gasteiger partial charge on any atom is -0.478 e. The van der Waals surface area contributed by atoms with Crippen LogP contribution >= 0.6 is 0 Å². The van der Waals surface area contributed by atoms with Crippen LogP contribution in [0.15, 0.2) is 54.7 Å². The van der Waals surface area contributed by atoms with Crippen LogP contribution in [0, 0.1) is 0 Å². The van der Waals surface area contributed by atoms with E-state index in [9.17, 15) is 14.7 Å². The van der Waals surface area contributed by atoms with Crippen molar-refractivity contribution in [2.45, 2.75) is 25.9 Å². The Hall–Kier alpha value is -3.08. The highest BCUT2D eigenvalue weighted by Crippen LogP contribution is 2.32. The summed E-state index contributed by atoms with van der Waals surface area (Å²) in [4.78, 5) is 26.3. The molecule has 0 radical (unpaired) electrons. The lowest BCUT2D eigenvalue weighted by Crippen LogP contribution is -2.37. The van der Waals surface area contributed by atoms with Gasteiger partial charge in [-0.3, -0.25) is 4.79 Å². The van der Waals surface area contributed by atoms with Crippen molar-refractivity contribution in [3.63, 3.8) is 0 Å². The van der Waals surface area contributed by atoms with Crippen LogP contribution in [-0.4, -0.2) is 27.6 Å². The Balaban J connectivity index is 1.70.